The SMILES string of the molecule is CC1CC(=O)C(CN2CCC(O)C(C)C2)C(C)C1. The highest BCUT2D eigenvalue weighted by atomic mass is 16.3. The normalized spacial score (nSPS) is 43.1. The number of nitrogens with zero attached hydrogens (tertiary/aromatic N) is 1. The van der Waals surface area contributed by atoms with Crippen molar-refractivity contribution >= 4 is 5.78 Å². The molecule has 1 aliphatic heterocycles. The number of hydrogen-bond donors (Lipinski definition) is 1. The summed E-state index contributed by atoms with van der Waals surface area (Å²) in [5, 5.41) is 9.75. The van der Waals surface area contributed by atoms with E-state index in [-0.39, 0.29) is 12.0 Å². The van der Waals surface area contributed by atoms with Crippen molar-refractivity contribution in [2.75, 3.05) is 19.6 Å². The smallest absolute Gasteiger partial charge is 0.137 e. The van der Waals surface area contributed by atoms with Crippen LogP contribution in [-0.2, 0) is 4.79 Å². The molecule has 1 aliphatic carbocycles. The fraction of sp³-hybridized carbons (Fsp3) is 0.933. The molecule has 0 aromatic carbocycles. The van der Waals surface area contributed by atoms with E-state index in [1.165, 1.54) is 6.42 Å². The number of ketones is 1. The van der Waals surface area contributed by atoms with Crippen LogP contribution >= 0.6 is 0 Å². The maximum Gasteiger partial charge on any atom is 0.137 e. The van der Waals surface area contributed by atoms with Crippen LogP contribution in [0.1, 0.15) is 40.0 Å². The third kappa shape index (κ3) is 3.12. The summed E-state index contributed by atoms with van der Waals surface area (Å²) < 4.78 is 0. The number of aliphatic hydroxyl groups excluding tert-OH is 1. The van der Waals surface area contributed by atoms with Crippen LogP contribution in [0.15, 0.2) is 0 Å². The number of likely N-dealkylation sites (tertiary alicyclic amines) is 1. The summed E-state index contributed by atoms with van der Waals surface area (Å²) in [5.74, 6) is 2.10. The van der Waals surface area contributed by atoms with E-state index in [2.05, 4.69) is 25.7 Å². The maximum atomic E-state index is 12.2. The second-order valence-electron chi connectivity index (χ2n) is 6.69. The first-order valence-electron chi connectivity index (χ1n) is 7.40. The van der Waals surface area contributed by atoms with Crippen molar-refractivity contribution in [1.82, 2.24) is 4.90 Å². The van der Waals surface area contributed by atoms with Crippen LogP contribution in [0, 0.1) is 23.7 Å². The molecule has 1 heterocycles. The molecule has 0 aromatic rings. The molecule has 5 atom stereocenters. The Morgan fingerprint density at radius 2 is 2.00 bits per heavy atom. The van der Waals surface area contributed by atoms with E-state index in [9.17, 15) is 9.90 Å². The van der Waals surface area contributed by atoms with Gasteiger partial charge in [0.05, 0.1) is 6.10 Å². The van der Waals surface area contributed by atoms with Gasteiger partial charge in [0.2, 0.25) is 0 Å². The number of piperidine rings is 1. The first kappa shape index (κ1) is 14.0. The largest absolute Gasteiger partial charge is 0.393 e. The fourth-order valence-corrected chi connectivity index (χ4v) is 3.64. The molecule has 1 saturated carbocycles. The van der Waals surface area contributed by atoms with Gasteiger partial charge in [-0.25, -0.2) is 0 Å². The lowest BCUT2D eigenvalue weighted by Gasteiger charge is -2.39. The minimum Gasteiger partial charge on any atom is -0.393 e. The van der Waals surface area contributed by atoms with Crippen LogP contribution in [0.4, 0.5) is 0 Å². The van der Waals surface area contributed by atoms with Crippen LogP contribution in [0.5, 0.6) is 0 Å². The number of carbonyl (C=O) groups is 1. The number of carbonyl (C=O) groups excluding carboxylic acids is 1. The second kappa shape index (κ2) is 5.70. The minimum absolute atomic E-state index is 0.152. The molecule has 18 heavy (non-hydrogen) atoms. The minimum atomic E-state index is -0.152. The summed E-state index contributed by atoms with van der Waals surface area (Å²) in [6.45, 7) is 9.30. The van der Waals surface area contributed by atoms with Gasteiger partial charge in [0.25, 0.3) is 0 Å². The first-order chi connectivity index (χ1) is 8.47. The molecule has 2 aliphatic rings. The summed E-state index contributed by atoms with van der Waals surface area (Å²) in [6.07, 6.45) is 2.65. The van der Waals surface area contributed by atoms with Gasteiger partial charge in [0.1, 0.15) is 5.78 Å². The monoisotopic (exact) mass is 253 g/mol. The molecule has 1 saturated heterocycles. The molecule has 0 amide bonds. The number of rotatable bonds is 2. The molecule has 3 nitrogen and oxygen atoms in total. The molecule has 0 radical (unpaired) electrons. The van der Waals surface area contributed by atoms with E-state index in [0.29, 0.717) is 23.5 Å². The standard InChI is InChI=1S/C15H27NO2/c1-10-6-11(2)13(15(18)7-10)9-16-5-4-14(17)12(3)8-16/h10-14,17H,4-9H2,1-3H3. The van der Waals surface area contributed by atoms with E-state index in [4.69, 9.17) is 0 Å². The summed E-state index contributed by atoms with van der Waals surface area (Å²) in [5.41, 5.74) is 0. The van der Waals surface area contributed by atoms with Crippen molar-refractivity contribution < 1.29 is 9.90 Å². The molecular weight excluding hydrogens is 226 g/mol. The summed E-state index contributed by atoms with van der Waals surface area (Å²) >= 11 is 0. The Morgan fingerprint density at radius 1 is 1.28 bits per heavy atom. The van der Waals surface area contributed by atoms with Crippen LogP contribution in [0.25, 0.3) is 0 Å². The molecule has 1 N–H and O–H groups in total. The van der Waals surface area contributed by atoms with Gasteiger partial charge < -0.3 is 10.0 Å². The molecular formula is C15H27NO2. The van der Waals surface area contributed by atoms with Crippen molar-refractivity contribution in [2.24, 2.45) is 23.7 Å². The predicted octanol–water partition coefficient (Wildman–Crippen LogP) is 1.94. The highest BCUT2D eigenvalue weighted by Crippen LogP contribution is 2.32. The number of hydrogen-bond acceptors (Lipinski definition) is 3. The van der Waals surface area contributed by atoms with Gasteiger partial charge in [-0.1, -0.05) is 20.8 Å². The van der Waals surface area contributed by atoms with Crippen molar-refractivity contribution in [3.05, 3.63) is 0 Å². The fourth-order valence-electron chi connectivity index (χ4n) is 3.64. The van der Waals surface area contributed by atoms with E-state index in [1.807, 2.05) is 0 Å². The average Bonchev–Trinajstić information content (AvgIpc) is 2.28. The van der Waals surface area contributed by atoms with E-state index in [0.717, 1.165) is 32.5 Å². The molecule has 0 spiro atoms. The van der Waals surface area contributed by atoms with Crippen LogP contribution in [-0.4, -0.2) is 41.5 Å². The quantitative estimate of drug-likeness (QED) is 0.817. The third-order valence-corrected chi connectivity index (χ3v) is 4.82. The molecule has 3 heteroatoms. The average molecular weight is 253 g/mol. The Balaban J connectivity index is 1.90. The van der Waals surface area contributed by atoms with Gasteiger partial charge in [-0.05, 0) is 30.6 Å². The lowest BCUT2D eigenvalue weighted by atomic mass is 9.74. The van der Waals surface area contributed by atoms with Crippen LogP contribution < -0.4 is 0 Å². The lowest BCUT2D eigenvalue weighted by molar-refractivity contribution is -0.129. The first-order valence-corrected chi connectivity index (χ1v) is 7.40. The molecule has 2 fully saturated rings. The molecule has 0 bridgehead atoms. The molecule has 0 aromatic heterocycles. The van der Waals surface area contributed by atoms with Gasteiger partial charge in [-0.15, -0.1) is 0 Å². The van der Waals surface area contributed by atoms with Crippen molar-refractivity contribution in [2.45, 2.75) is 46.1 Å². The van der Waals surface area contributed by atoms with Crippen LogP contribution in [0.2, 0.25) is 0 Å². The highest BCUT2D eigenvalue weighted by molar-refractivity contribution is 5.82. The summed E-state index contributed by atoms with van der Waals surface area (Å²) in [6, 6.07) is 0. The van der Waals surface area contributed by atoms with Crippen molar-refractivity contribution in [3.8, 4) is 0 Å². The van der Waals surface area contributed by atoms with Crippen molar-refractivity contribution in [1.29, 1.82) is 0 Å². The van der Waals surface area contributed by atoms with E-state index in [1.54, 1.807) is 0 Å². The number of Topliss-reactive ketones (excluding diaryl/α,β-unsaturated/α-hetero) is 1. The second-order valence-corrected chi connectivity index (χ2v) is 6.69. The molecule has 5 unspecified atom stereocenters. The van der Waals surface area contributed by atoms with Crippen LogP contribution in [0.3, 0.4) is 0 Å². The lowest BCUT2D eigenvalue weighted by Crippen LogP contribution is -2.47. The Kier molecular flexibility index (Phi) is 4.44. The van der Waals surface area contributed by atoms with Gasteiger partial charge in [0, 0.05) is 32.0 Å². The third-order valence-electron chi connectivity index (χ3n) is 4.82. The Hall–Kier alpha value is -0.410. The van der Waals surface area contributed by atoms with Crippen molar-refractivity contribution in [3.63, 3.8) is 0 Å². The van der Waals surface area contributed by atoms with E-state index >= 15 is 0 Å². The molecule has 104 valence electrons. The van der Waals surface area contributed by atoms with Gasteiger partial charge in [0.15, 0.2) is 0 Å². The zero-order chi connectivity index (χ0) is 13.3. The van der Waals surface area contributed by atoms with Gasteiger partial charge in [-0.2, -0.15) is 0 Å². The number of aliphatic hydroxyl groups is 1. The zero-order valence-electron chi connectivity index (χ0n) is 11.9. The summed E-state index contributed by atoms with van der Waals surface area (Å²) in [4.78, 5) is 14.5. The topological polar surface area (TPSA) is 40.5 Å². The van der Waals surface area contributed by atoms with E-state index < -0.39 is 0 Å². The predicted molar refractivity (Wildman–Crippen MR) is 72.3 cm³/mol. The Labute approximate surface area is 111 Å². The summed E-state index contributed by atoms with van der Waals surface area (Å²) in [7, 11) is 0. The Morgan fingerprint density at radius 3 is 2.61 bits per heavy atom. The van der Waals surface area contributed by atoms with Gasteiger partial charge >= 0.3 is 0 Å². The van der Waals surface area contributed by atoms with Gasteiger partial charge in [-0.3, -0.25) is 4.79 Å². The Bertz CT molecular complexity index is 305. The highest BCUT2D eigenvalue weighted by Gasteiger charge is 2.35. The zero-order valence-corrected chi connectivity index (χ0v) is 11.9. The molecule has 2 rings (SSSR count). The maximum absolute atomic E-state index is 12.2.